The molecule has 0 fully saturated rings. The van der Waals surface area contributed by atoms with Gasteiger partial charge in [-0.25, -0.2) is 4.98 Å². The molecule has 0 saturated carbocycles. The van der Waals surface area contributed by atoms with Gasteiger partial charge >= 0.3 is 0 Å². The minimum Gasteiger partial charge on any atom is -0.347 e. The number of nitrogens with one attached hydrogen (secondary N) is 1. The van der Waals surface area contributed by atoms with Gasteiger partial charge in [-0.05, 0) is 20.4 Å². The molecule has 0 aliphatic heterocycles. The first-order valence-corrected chi connectivity index (χ1v) is 7.72. The highest BCUT2D eigenvalue weighted by molar-refractivity contribution is 7.15. The van der Waals surface area contributed by atoms with Crippen LogP contribution in [0.15, 0.2) is 12.4 Å². The van der Waals surface area contributed by atoms with E-state index in [1.54, 1.807) is 11.3 Å². The lowest BCUT2D eigenvalue weighted by Gasteiger charge is -2.14. The number of hydrogen-bond donors (Lipinski definition) is 1. The van der Waals surface area contributed by atoms with Gasteiger partial charge in [0.05, 0.1) is 11.9 Å². The number of thiazole rings is 1. The molecule has 2 aromatic rings. The predicted octanol–water partition coefficient (Wildman–Crippen LogP) is 2.49. The summed E-state index contributed by atoms with van der Waals surface area (Å²) in [5, 5.41) is 8.71. The second kappa shape index (κ2) is 6.37. The van der Waals surface area contributed by atoms with Gasteiger partial charge in [-0.2, -0.15) is 5.10 Å². The average Bonchev–Trinajstić information content (AvgIpc) is 2.96. The third-order valence-corrected chi connectivity index (χ3v) is 4.68. The van der Waals surface area contributed by atoms with Crippen molar-refractivity contribution < 1.29 is 0 Å². The Morgan fingerprint density at radius 3 is 2.85 bits per heavy atom. The fraction of sp³-hybridized carbons (Fsp3) is 0.571. The van der Waals surface area contributed by atoms with Gasteiger partial charge in [0.15, 0.2) is 5.13 Å². The molecule has 0 radical (unpaired) electrons. The number of rotatable bonds is 6. The quantitative estimate of drug-likeness (QED) is 0.889. The minimum absolute atomic E-state index is 0.359. The Kier molecular flexibility index (Phi) is 4.77. The first kappa shape index (κ1) is 15.0. The molecule has 0 aliphatic carbocycles. The number of nitrogens with zero attached hydrogens (tertiary/aromatic N) is 4. The number of anilines is 1. The van der Waals surface area contributed by atoms with Crippen molar-refractivity contribution in [1.82, 2.24) is 20.1 Å². The van der Waals surface area contributed by atoms with Crippen LogP contribution in [0.5, 0.6) is 0 Å². The van der Waals surface area contributed by atoms with E-state index in [0.29, 0.717) is 6.04 Å². The lowest BCUT2D eigenvalue weighted by molar-refractivity contribution is 0.603. The van der Waals surface area contributed by atoms with Crippen molar-refractivity contribution in [1.29, 1.82) is 0 Å². The van der Waals surface area contributed by atoms with Gasteiger partial charge in [-0.3, -0.25) is 4.68 Å². The molecular weight excluding hydrogens is 270 g/mol. The monoisotopic (exact) mass is 293 g/mol. The number of hydrogen-bond acceptors (Lipinski definition) is 5. The Bertz CT molecular complexity index is 560. The summed E-state index contributed by atoms with van der Waals surface area (Å²) >= 11 is 1.77. The van der Waals surface area contributed by atoms with Crippen molar-refractivity contribution in [2.24, 2.45) is 7.05 Å². The number of aryl methyl sites for hydroxylation is 2. The molecule has 0 aromatic carbocycles. The smallest absolute Gasteiger partial charge is 0.185 e. The average molecular weight is 293 g/mol. The van der Waals surface area contributed by atoms with Crippen LogP contribution >= 0.6 is 11.3 Å². The molecule has 0 spiro atoms. The highest BCUT2D eigenvalue weighted by Gasteiger charge is 2.16. The number of aromatic nitrogens is 3. The largest absolute Gasteiger partial charge is 0.347 e. The maximum absolute atomic E-state index is 4.69. The second-order valence-electron chi connectivity index (χ2n) is 5.10. The predicted molar refractivity (Wildman–Crippen MR) is 84.3 cm³/mol. The van der Waals surface area contributed by atoms with E-state index in [1.165, 1.54) is 10.4 Å². The maximum Gasteiger partial charge on any atom is 0.185 e. The van der Waals surface area contributed by atoms with Crippen molar-refractivity contribution in [2.45, 2.75) is 33.4 Å². The van der Waals surface area contributed by atoms with Crippen LogP contribution in [0.25, 0.3) is 0 Å². The van der Waals surface area contributed by atoms with E-state index in [1.807, 2.05) is 24.1 Å². The Labute approximate surface area is 124 Å². The summed E-state index contributed by atoms with van der Waals surface area (Å²) < 4.78 is 1.83. The summed E-state index contributed by atoms with van der Waals surface area (Å²) in [5.74, 6) is 0. The molecule has 20 heavy (non-hydrogen) atoms. The summed E-state index contributed by atoms with van der Waals surface area (Å²) in [6.07, 6.45) is 3.94. The van der Waals surface area contributed by atoms with Crippen molar-refractivity contribution in [3.8, 4) is 0 Å². The Morgan fingerprint density at radius 2 is 2.25 bits per heavy atom. The molecule has 5 nitrogen and oxygen atoms in total. The Hall–Kier alpha value is -1.40. The van der Waals surface area contributed by atoms with Gasteiger partial charge in [-0.1, -0.05) is 6.92 Å². The maximum atomic E-state index is 4.69. The van der Waals surface area contributed by atoms with Crippen LogP contribution in [-0.2, 0) is 13.6 Å². The highest BCUT2D eigenvalue weighted by atomic mass is 32.1. The summed E-state index contributed by atoms with van der Waals surface area (Å²) in [6, 6.07) is 0.359. The molecule has 2 heterocycles. The van der Waals surface area contributed by atoms with Gasteiger partial charge in [0, 0.05) is 43.3 Å². The molecule has 1 atom stereocenters. The van der Waals surface area contributed by atoms with Gasteiger partial charge in [0.25, 0.3) is 0 Å². The standard InChI is InChI=1S/C14H23N5S/c1-6-15-10(2)13-11(3)17-14(20-13)18(4)8-12-7-16-19(5)9-12/h7,9-10,15H,6,8H2,1-5H3. The minimum atomic E-state index is 0.359. The Morgan fingerprint density at radius 1 is 1.50 bits per heavy atom. The molecule has 110 valence electrons. The van der Waals surface area contributed by atoms with E-state index in [2.05, 4.69) is 43.1 Å². The van der Waals surface area contributed by atoms with Crippen LogP contribution in [0.4, 0.5) is 5.13 Å². The van der Waals surface area contributed by atoms with Crippen LogP contribution in [0, 0.1) is 6.92 Å². The fourth-order valence-electron chi connectivity index (χ4n) is 2.25. The zero-order valence-corrected chi connectivity index (χ0v) is 13.7. The van der Waals surface area contributed by atoms with Crippen molar-refractivity contribution in [3.63, 3.8) is 0 Å². The summed E-state index contributed by atoms with van der Waals surface area (Å²) in [5.41, 5.74) is 2.32. The zero-order valence-electron chi connectivity index (χ0n) is 12.8. The second-order valence-corrected chi connectivity index (χ2v) is 6.11. The first-order valence-electron chi connectivity index (χ1n) is 6.90. The van der Waals surface area contributed by atoms with E-state index in [9.17, 15) is 0 Å². The molecule has 2 aromatic heterocycles. The lowest BCUT2D eigenvalue weighted by atomic mass is 10.2. The molecule has 1 unspecified atom stereocenters. The lowest BCUT2D eigenvalue weighted by Crippen LogP contribution is -2.17. The summed E-state index contributed by atoms with van der Waals surface area (Å²) in [7, 11) is 4.01. The van der Waals surface area contributed by atoms with Crippen molar-refractivity contribution in [2.75, 3.05) is 18.5 Å². The third-order valence-electron chi connectivity index (χ3n) is 3.23. The van der Waals surface area contributed by atoms with Crippen molar-refractivity contribution >= 4 is 16.5 Å². The van der Waals surface area contributed by atoms with Gasteiger partial charge in [-0.15, -0.1) is 11.3 Å². The third kappa shape index (κ3) is 3.37. The molecule has 6 heteroatoms. The molecular formula is C14H23N5S. The van der Waals surface area contributed by atoms with Gasteiger partial charge in [0.1, 0.15) is 0 Å². The van der Waals surface area contributed by atoms with Crippen LogP contribution in [0.1, 0.15) is 36.0 Å². The van der Waals surface area contributed by atoms with Crippen molar-refractivity contribution in [3.05, 3.63) is 28.5 Å². The fourth-order valence-corrected chi connectivity index (χ4v) is 3.31. The van der Waals surface area contributed by atoms with Gasteiger partial charge in [0.2, 0.25) is 0 Å². The Balaban J connectivity index is 2.10. The van der Waals surface area contributed by atoms with E-state index in [0.717, 1.165) is 23.9 Å². The van der Waals surface area contributed by atoms with E-state index in [-0.39, 0.29) is 0 Å². The highest BCUT2D eigenvalue weighted by Crippen LogP contribution is 2.30. The SMILES string of the molecule is CCNC(C)c1sc(N(C)Cc2cnn(C)c2)nc1C. The molecule has 0 aliphatic rings. The molecule has 0 saturated heterocycles. The summed E-state index contributed by atoms with van der Waals surface area (Å²) in [6.45, 7) is 8.20. The normalized spacial score (nSPS) is 12.7. The van der Waals surface area contributed by atoms with Crippen LogP contribution in [0.3, 0.4) is 0 Å². The van der Waals surface area contributed by atoms with Gasteiger partial charge < -0.3 is 10.2 Å². The van der Waals surface area contributed by atoms with E-state index >= 15 is 0 Å². The van der Waals surface area contributed by atoms with E-state index in [4.69, 9.17) is 4.98 Å². The molecule has 0 bridgehead atoms. The molecule has 2 rings (SSSR count). The van der Waals surface area contributed by atoms with Crippen LogP contribution < -0.4 is 10.2 Å². The molecule has 0 amide bonds. The zero-order chi connectivity index (χ0) is 14.7. The van der Waals surface area contributed by atoms with E-state index < -0.39 is 0 Å². The topological polar surface area (TPSA) is 46.0 Å². The molecule has 1 N–H and O–H groups in total. The van der Waals surface area contributed by atoms with Crippen LogP contribution in [0.2, 0.25) is 0 Å². The first-order chi connectivity index (χ1) is 9.51. The van der Waals surface area contributed by atoms with Crippen LogP contribution in [-0.4, -0.2) is 28.4 Å². The summed E-state index contributed by atoms with van der Waals surface area (Å²) in [4.78, 5) is 8.19.